The van der Waals surface area contributed by atoms with Crippen molar-refractivity contribution in [2.24, 2.45) is 0 Å². The van der Waals surface area contributed by atoms with E-state index in [1.807, 2.05) is 0 Å². The number of benzene rings is 2. The molecule has 11 nitrogen and oxygen atoms in total. The molecule has 166 valence electrons. The molecule has 1 aliphatic rings. The molecule has 0 radical (unpaired) electrons. The van der Waals surface area contributed by atoms with Crippen molar-refractivity contribution in [3.63, 3.8) is 0 Å². The van der Waals surface area contributed by atoms with E-state index in [1.54, 1.807) is 37.3 Å². The summed E-state index contributed by atoms with van der Waals surface area (Å²) in [5.74, 6) is -2.30. The highest BCUT2D eigenvalue weighted by Crippen LogP contribution is 2.39. The van der Waals surface area contributed by atoms with E-state index in [1.165, 1.54) is 12.1 Å². The van der Waals surface area contributed by atoms with Crippen LogP contribution in [0.2, 0.25) is 0 Å². The number of esters is 1. The minimum atomic E-state index is -0.734. The van der Waals surface area contributed by atoms with Gasteiger partial charge in [-0.3, -0.25) is 25.1 Å². The number of rotatable bonds is 8. The summed E-state index contributed by atoms with van der Waals surface area (Å²) in [4.78, 5) is 47.5. The lowest BCUT2D eigenvalue weighted by atomic mass is 10.1. The Hall–Kier alpha value is -4.41. The van der Waals surface area contributed by atoms with Gasteiger partial charge in [-0.25, -0.2) is 9.80 Å². The average Bonchev–Trinajstić information content (AvgIpc) is 3.06. The summed E-state index contributed by atoms with van der Waals surface area (Å²) < 4.78 is 15.2. The van der Waals surface area contributed by atoms with Gasteiger partial charge in [0.05, 0.1) is 24.3 Å². The maximum atomic E-state index is 12.8. The lowest BCUT2D eigenvalue weighted by Crippen LogP contribution is -2.35. The Kier molecular flexibility index (Phi) is 6.68. The van der Waals surface area contributed by atoms with Crippen molar-refractivity contribution in [1.29, 1.82) is 0 Å². The van der Waals surface area contributed by atoms with Gasteiger partial charge in [0.2, 0.25) is 5.75 Å². The fraction of sp³-hybridized carbons (Fsp3) is 0.190. The van der Waals surface area contributed by atoms with Gasteiger partial charge in [0.25, 0.3) is 11.8 Å². The van der Waals surface area contributed by atoms with Crippen LogP contribution in [0.5, 0.6) is 11.5 Å². The molecule has 0 saturated carbocycles. The molecule has 2 aromatic rings. The largest absolute Gasteiger partial charge is 0.490 e. The maximum Gasteiger partial charge on any atom is 0.343 e. The zero-order valence-electron chi connectivity index (χ0n) is 17.2. The van der Waals surface area contributed by atoms with E-state index in [0.717, 1.165) is 18.2 Å². The first-order valence-electron chi connectivity index (χ1n) is 9.42. The van der Waals surface area contributed by atoms with Gasteiger partial charge < -0.3 is 14.2 Å². The van der Waals surface area contributed by atoms with E-state index < -0.39 is 35.0 Å². The zero-order valence-corrected chi connectivity index (χ0v) is 17.2. The van der Waals surface area contributed by atoms with E-state index in [9.17, 15) is 24.5 Å². The Morgan fingerprint density at radius 1 is 1.19 bits per heavy atom. The number of hydrazine groups is 1. The maximum absolute atomic E-state index is 12.8. The highest BCUT2D eigenvalue weighted by atomic mass is 16.6. The van der Waals surface area contributed by atoms with Gasteiger partial charge in [-0.2, -0.15) is 0 Å². The zero-order chi connectivity index (χ0) is 23.3. The smallest absolute Gasteiger partial charge is 0.343 e. The van der Waals surface area contributed by atoms with E-state index in [0.29, 0.717) is 5.69 Å². The normalized spacial score (nSPS) is 14.3. The van der Waals surface area contributed by atoms with Gasteiger partial charge in [-0.05, 0) is 36.8 Å². The molecule has 1 heterocycles. The third kappa shape index (κ3) is 4.67. The van der Waals surface area contributed by atoms with Crippen LogP contribution in [-0.4, -0.2) is 43.0 Å². The highest BCUT2D eigenvalue weighted by molar-refractivity contribution is 6.31. The van der Waals surface area contributed by atoms with Gasteiger partial charge in [-0.1, -0.05) is 18.2 Å². The van der Waals surface area contributed by atoms with Gasteiger partial charge in [0.15, 0.2) is 12.4 Å². The van der Waals surface area contributed by atoms with Crippen LogP contribution in [0.3, 0.4) is 0 Å². The third-order valence-corrected chi connectivity index (χ3v) is 4.33. The summed E-state index contributed by atoms with van der Waals surface area (Å²) in [6, 6.07) is 11.0. The van der Waals surface area contributed by atoms with Crippen LogP contribution in [0.1, 0.15) is 12.5 Å². The molecule has 0 unspecified atom stereocenters. The van der Waals surface area contributed by atoms with Crippen molar-refractivity contribution in [3.05, 3.63) is 63.7 Å². The quantitative estimate of drug-likeness (QED) is 0.216. The molecule has 0 bridgehead atoms. The number of hydrogen-bond donors (Lipinski definition) is 1. The number of para-hydroxylation sites is 1. The van der Waals surface area contributed by atoms with Crippen LogP contribution in [0, 0.1) is 10.1 Å². The van der Waals surface area contributed by atoms with Crippen molar-refractivity contribution in [3.8, 4) is 11.5 Å². The first kappa shape index (κ1) is 22.3. The number of carbonyl (C=O) groups is 3. The van der Waals surface area contributed by atoms with E-state index in [-0.39, 0.29) is 29.2 Å². The topological polar surface area (TPSA) is 137 Å². The van der Waals surface area contributed by atoms with E-state index in [2.05, 4.69) is 10.2 Å². The predicted molar refractivity (Wildman–Crippen MR) is 112 cm³/mol. The van der Waals surface area contributed by atoms with Crippen LogP contribution < -0.4 is 19.9 Å². The number of carbonyl (C=O) groups excluding carboxylic acids is 3. The van der Waals surface area contributed by atoms with Crippen LogP contribution >= 0.6 is 0 Å². The molecule has 0 atom stereocenters. The van der Waals surface area contributed by atoms with Crippen molar-refractivity contribution in [2.75, 3.05) is 25.3 Å². The Labute approximate surface area is 182 Å². The number of ether oxygens (including phenoxy) is 3. The van der Waals surface area contributed by atoms with Crippen LogP contribution in [0.25, 0.3) is 6.08 Å². The van der Waals surface area contributed by atoms with Crippen molar-refractivity contribution < 1.29 is 33.5 Å². The number of amides is 2. The second kappa shape index (κ2) is 9.60. The fourth-order valence-electron chi connectivity index (χ4n) is 2.91. The molecule has 32 heavy (non-hydrogen) atoms. The van der Waals surface area contributed by atoms with E-state index >= 15 is 0 Å². The van der Waals surface area contributed by atoms with Gasteiger partial charge in [0, 0.05) is 6.07 Å². The summed E-state index contributed by atoms with van der Waals surface area (Å²) in [6.45, 7) is 1.24. The summed E-state index contributed by atoms with van der Waals surface area (Å²) in [7, 11) is 1.15. The number of nitro benzene ring substituents is 1. The first-order chi connectivity index (χ1) is 15.3. The van der Waals surface area contributed by atoms with Crippen molar-refractivity contribution in [2.45, 2.75) is 6.92 Å². The summed E-state index contributed by atoms with van der Waals surface area (Å²) >= 11 is 0. The number of nitro groups is 1. The molecule has 1 aliphatic heterocycles. The van der Waals surface area contributed by atoms with Crippen LogP contribution in [0.4, 0.5) is 11.4 Å². The number of hydrogen-bond acceptors (Lipinski definition) is 8. The molecule has 2 amide bonds. The van der Waals surface area contributed by atoms with Gasteiger partial charge in [0.1, 0.15) is 5.57 Å². The molecule has 0 aliphatic carbocycles. The fourth-order valence-corrected chi connectivity index (χ4v) is 2.91. The van der Waals surface area contributed by atoms with Crippen LogP contribution in [-0.2, 0) is 19.1 Å². The first-order valence-corrected chi connectivity index (χ1v) is 9.42. The summed E-state index contributed by atoms with van der Waals surface area (Å²) in [5, 5.41) is 12.7. The van der Waals surface area contributed by atoms with Crippen molar-refractivity contribution in [1.82, 2.24) is 5.43 Å². The molecule has 3 rings (SSSR count). The standard InChI is InChI=1S/C21H19N3O8/c1-3-31-17-11-13(10-16(24(28)29)19(17)32-12-18(25)30-2)9-15-20(26)22-23(21(15)27)14-7-5-4-6-8-14/h4-11H,3,12H2,1-2H3,(H,22,26). The number of nitrogens with zero attached hydrogens (tertiary/aromatic N) is 2. The minimum Gasteiger partial charge on any atom is -0.490 e. The summed E-state index contributed by atoms with van der Waals surface area (Å²) in [6.07, 6.45) is 1.22. The molecule has 0 spiro atoms. The average molecular weight is 441 g/mol. The third-order valence-electron chi connectivity index (χ3n) is 4.33. The highest BCUT2D eigenvalue weighted by Gasteiger charge is 2.35. The van der Waals surface area contributed by atoms with Crippen LogP contribution in [0.15, 0.2) is 48.0 Å². The predicted octanol–water partition coefficient (Wildman–Crippen LogP) is 2.01. The molecule has 2 aromatic carbocycles. The van der Waals surface area contributed by atoms with Gasteiger partial charge >= 0.3 is 11.7 Å². The molecular weight excluding hydrogens is 422 g/mol. The van der Waals surface area contributed by atoms with E-state index in [4.69, 9.17) is 9.47 Å². The molecule has 11 heteroatoms. The number of methoxy groups -OCH3 is 1. The Morgan fingerprint density at radius 2 is 1.91 bits per heavy atom. The molecule has 1 fully saturated rings. The molecule has 1 N–H and O–H groups in total. The second-order valence-corrected chi connectivity index (χ2v) is 6.40. The summed E-state index contributed by atoms with van der Waals surface area (Å²) in [5.41, 5.74) is 2.36. The molecule has 0 aromatic heterocycles. The SMILES string of the molecule is CCOc1cc(C=C2C(=O)NN(c3ccccc3)C2=O)cc([N+](=O)[O-])c1OCC(=O)OC. The van der Waals surface area contributed by atoms with Gasteiger partial charge in [-0.15, -0.1) is 0 Å². The monoisotopic (exact) mass is 441 g/mol. The minimum absolute atomic E-state index is 0.0248. The Balaban J connectivity index is 2.01. The Bertz CT molecular complexity index is 1100. The lowest BCUT2D eigenvalue weighted by Gasteiger charge is -2.14. The second-order valence-electron chi connectivity index (χ2n) is 6.40. The van der Waals surface area contributed by atoms with Crippen molar-refractivity contribution >= 4 is 35.2 Å². The number of anilines is 1. The Morgan fingerprint density at radius 3 is 2.53 bits per heavy atom. The molecule has 1 saturated heterocycles. The lowest BCUT2D eigenvalue weighted by molar-refractivity contribution is -0.385. The number of nitrogens with one attached hydrogen (secondary N) is 1. The molecular formula is C21H19N3O8.